The van der Waals surface area contributed by atoms with Crippen LogP contribution in [0.5, 0.6) is 0 Å². The smallest absolute Gasteiger partial charge is 0.330 e. The third kappa shape index (κ3) is 4.48. The van der Waals surface area contributed by atoms with Gasteiger partial charge in [0.05, 0.1) is 6.42 Å². The van der Waals surface area contributed by atoms with Crippen molar-refractivity contribution in [3.05, 3.63) is 0 Å². The molecular weight excluding hydrogens is 278 g/mol. The fraction of sp³-hybridized carbons (Fsp3) is 0.769. The van der Waals surface area contributed by atoms with Gasteiger partial charge in [-0.25, -0.2) is 4.79 Å². The van der Waals surface area contributed by atoms with E-state index in [9.17, 15) is 14.4 Å². The zero-order valence-electron chi connectivity index (χ0n) is 12.1. The highest BCUT2D eigenvalue weighted by Gasteiger charge is 2.32. The van der Waals surface area contributed by atoms with Gasteiger partial charge in [0.1, 0.15) is 0 Å². The normalized spacial score (nSPS) is 21.1. The molecule has 2 fully saturated rings. The van der Waals surface area contributed by atoms with E-state index in [0.29, 0.717) is 18.2 Å². The minimum absolute atomic E-state index is 0.120. The Balaban J connectivity index is 1.66. The molecule has 0 aromatic heterocycles. The standard InChI is InChI=1S/C13H22N4O4/c14-4-6-16-9-7-15(8-10-16)5-3-13(20)21-17-11(18)1-2-12(17)19/h1-10,14H2/i14+1,16+1. The van der Waals surface area contributed by atoms with Crippen LogP contribution in [0.25, 0.3) is 0 Å². The molecule has 8 nitrogen and oxygen atoms in total. The maximum atomic E-state index is 11.7. The first-order chi connectivity index (χ1) is 10.1. The van der Waals surface area contributed by atoms with E-state index in [1.54, 1.807) is 0 Å². The molecule has 118 valence electrons. The maximum absolute atomic E-state index is 11.7. The van der Waals surface area contributed by atoms with Crippen molar-refractivity contribution in [1.29, 1.82) is 0 Å². The van der Waals surface area contributed by atoms with E-state index in [0.717, 1.165) is 32.7 Å². The Kier molecular flexibility index (Phi) is 5.66. The van der Waals surface area contributed by atoms with Gasteiger partial charge in [0.15, 0.2) is 0 Å². The summed E-state index contributed by atoms with van der Waals surface area (Å²) in [6.07, 6.45) is 0.415. The van der Waals surface area contributed by atoms with Gasteiger partial charge in [-0.1, -0.05) is 0 Å². The highest BCUT2D eigenvalue weighted by atomic mass is 16.7. The second-order valence-electron chi connectivity index (χ2n) is 5.27. The molecule has 2 saturated heterocycles. The molecular formula is C13H22N4O4. The van der Waals surface area contributed by atoms with Crippen LogP contribution in [0, 0.1) is 0 Å². The van der Waals surface area contributed by atoms with Crippen LogP contribution in [-0.2, 0) is 19.2 Å². The fourth-order valence-electron chi connectivity index (χ4n) is 2.47. The molecule has 0 saturated carbocycles. The molecule has 0 atom stereocenters. The summed E-state index contributed by atoms with van der Waals surface area (Å²) in [5.74, 6) is -1.42. The topological polar surface area (TPSA) is 96.2 Å². The number of piperazine rings is 1. The van der Waals surface area contributed by atoms with Crippen molar-refractivity contribution in [3.63, 3.8) is 0 Å². The summed E-state index contributed by atoms with van der Waals surface area (Å²) in [5.41, 5.74) is 5.52. The van der Waals surface area contributed by atoms with E-state index in [-0.39, 0.29) is 19.3 Å². The molecule has 21 heavy (non-hydrogen) atoms. The van der Waals surface area contributed by atoms with Crippen LogP contribution in [0.1, 0.15) is 19.3 Å². The molecule has 2 heterocycles. The Morgan fingerprint density at radius 1 is 1.00 bits per heavy atom. The predicted octanol–water partition coefficient (Wildman–Crippen LogP) is -1.44. The second-order valence-corrected chi connectivity index (χ2v) is 5.27. The van der Waals surface area contributed by atoms with Crippen molar-refractivity contribution in [2.75, 3.05) is 45.8 Å². The molecule has 0 bridgehead atoms. The molecule has 2 rings (SSSR count). The van der Waals surface area contributed by atoms with Crippen molar-refractivity contribution in [2.45, 2.75) is 19.3 Å². The molecule has 2 aliphatic heterocycles. The number of amides is 2. The summed E-state index contributed by atoms with van der Waals surface area (Å²) in [6.45, 7) is 5.78. The van der Waals surface area contributed by atoms with Gasteiger partial charge in [0.25, 0.3) is 11.8 Å². The summed E-state index contributed by atoms with van der Waals surface area (Å²) in [5, 5.41) is 0.599. The molecule has 0 radical (unpaired) electrons. The summed E-state index contributed by atoms with van der Waals surface area (Å²) in [4.78, 5) is 43.6. The SMILES string of the molecule is [15NH2]CC[15N]1CCN(CCC(=O)ON2C(=O)CCC2=O)CC1. The lowest BCUT2D eigenvalue weighted by Crippen LogP contribution is -2.48. The minimum atomic E-state index is -0.539. The van der Waals surface area contributed by atoms with Crippen molar-refractivity contribution in [1.82, 2.24) is 14.9 Å². The first-order valence-electron chi connectivity index (χ1n) is 7.31. The number of carbonyl (C=O) groups excluding carboxylic acids is 3. The summed E-state index contributed by atoms with van der Waals surface area (Å²) < 4.78 is 0. The van der Waals surface area contributed by atoms with Crippen LogP contribution in [0.15, 0.2) is 0 Å². The molecule has 2 N–H and O–H groups in total. The van der Waals surface area contributed by atoms with Crippen LogP contribution in [0.4, 0.5) is 0 Å². The van der Waals surface area contributed by atoms with Crippen LogP contribution in [0.2, 0.25) is 0 Å². The molecule has 8 heteroatoms. The number of imide groups is 1. The van der Waals surface area contributed by atoms with E-state index < -0.39 is 17.8 Å². The maximum Gasteiger partial charge on any atom is 0.334 e. The summed E-state index contributed by atoms with van der Waals surface area (Å²) in [6, 6.07) is 0. The second kappa shape index (κ2) is 7.48. The Bertz CT molecular complexity index is 391. The van der Waals surface area contributed by atoms with Gasteiger partial charge in [-0.15, -0.1) is 5.06 Å². The van der Waals surface area contributed by atoms with E-state index in [1.165, 1.54) is 0 Å². The molecule has 2 aliphatic rings. The first kappa shape index (κ1) is 15.9. The van der Waals surface area contributed by atoms with Gasteiger partial charge < -0.3 is 15.5 Å². The third-order valence-electron chi connectivity index (χ3n) is 3.74. The molecule has 0 aliphatic carbocycles. The molecule has 0 aromatic rings. The molecule has 0 aromatic carbocycles. The number of nitrogens with zero attached hydrogens (tertiary/aromatic N) is 3. The predicted molar refractivity (Wildman–Crippen MR) is 73.7 cm³/mol. The van der Waals surface area contributed by atoms with Gasteiger partial charge in [0.2, 0.25) is 0 Å². The monoisotopic (exact) mass is 300 g/mol. The minimum Gasteiger partial charge on any atom is -0.330 e. The molecule has 0 unspecified atom stereocenters. The highest BCUT2D eigenvalue weighted by molar-refractivity contribution is 6.01. The lowest BCUT2D eigenvalue weighted by molar-refractivity contribution is -0.197. The third-order valence-corrected chi connectivity index (χ3v) is 3.74. The van der Waals surface area contributed by atoms with E-state index in [1.807, 2.05) is 0 Å². The average Bonchev–Trinajstić information content (AvgIpc) is 2.79. The van der Waals surface area contributed by atoms with Crippen LogP contribution in [0.3, 0.4) is 0 Å². The average molecular weight is 300 g/mol. The number of rotatable bonds is 6. The number of hydrogen-bond donors (Lipinski definition) is 1. The highest BCUT2D eigenvalue weighted by Crippen LogP contribution is 2.12. The van der Waals surface area contributed by atoms with Crippen molar-refractivity contribution < 1.29 is 19.2 Å². The lowest BCUT2D eigenvalue weighted by atomic mass is 10.3. The Morgan fingerprint density at radius 3 is 2.05 bits per heavy atom. The largest absolute Gasteiger partial charge is 0.334 e. The first-order valence-corrected chi connectivity index (χ1v) is 7.31. The molecule has 2 amide bonds. The van der Waals surface area contributed by atoms with E-state index in [4.69, 9.17) is 10.6 Å². The Morgan fingerprint density at radius 2 is 1.52 bits per heavy atom. The van der Waals surface area contributed by atoms with Gasteiger partial charge in [-0.3, -0.25) is 14.5 Å². The molecule has 0 spiro atoms. The quantitative estimate of drug-likeness (QED) is 0.474. The lowest BCUT2D eigenvalue weighted by Gasteiger charge is -2.34. The Labute approximate surface area is 123 Å². The van der Waals surface area contributed by atoms with Crippen molar-refractivity contribution in [3.8, 4) is 0 Å². The zero-order chi connectivity index (χ0) is 15.2. The van der Waals surface area contributed by atoms with Crippen LogP contribution >= 0.6 is 0 Å². The van der Waals surface area contributed by atoms with Gasteiger partial charge >= 0.3 is 5.97 Å². The number of carbonyl (C=O) groups is 3. The number of hydroxylamine groups is 2. The van der Waals surface area contributed by atoms with Crippen molar-refractivity contribution >= 4 is 17.8 Å². The van der Waals surface area contributed by atoms with Crippen molar-refractivity contribution in [2.24, 2.45) is 5.73 Å². The fourth-order valence-corrected chi connectivity index (χ4v) is 2.47. The summed E-state index contributed by atoms with van der Waals surface area (Å²) >= 11 is 0. The van der Waals surface area contributed by atoms with Gasteiger partial charge in [-0.2, -0.15) is 0 Å². The number of hydrogen-bond acceptors (Lipinski definition) is 7. The number of nitrogens with two attached hydrogens (primary N) is 1. The van der Waals surface area contributed by atoms with Gasteiger partial charge in [-0.05, 0) is 0 Å². The van der Waals surface area contributed by atoms with Crippen LogP contribution in [-0.4, -0.2) is 78.5 Å². The zero-order valence-corrected chi connectivity index (χ0v) is 12.1. The van der Waals surface area contributed by atoms with E-state index in [2.05, 4.69) is 9.80 Å². The van der Waals surface area contributed by atoms with Crippen LogP contribution < -0.4 is 5.73 Å². The Hall–Kier alpha value is -1.51. The summed E-state index contributed by atoms with van der Waals surface area (Å²) in [7, 11) is 0. The van der Waals surface area contributed by atoms with E-state index >= 15 is 0 Å². The van der Waals surface area contributed by atoms with Gasteiger partial charge in [0, 0.05) is 58.7 Å².